The van der Waals surface area contributed by atoms with Crippen LogP contribution in [0.5, 0.6) is 5.88 Å². The van der Waals surface area contributed by atoms with Crippen molar-refractivity contribution in [2.75, 3.05) is 20.2 Å². The van der Waals surface area contributed by atoms with Crippen molar-refractivity contribution >= 4 is 5.91 Å². The molecule has 0 unspecified atom stereocenters. The number of amides is 1. The number of piperidine rings is 1. The molecule has 0 atom stereocenters. The Morgan fingerprint density at radius 2 is 2.30 bits per heavy atom. The second-order valence-electron chi connectivity index (χ2n) is 5.22. The Hall–Kier alpha value is -1.62. The molecule has 0 aromatic carbocycles. The molecule has 0 aliphatic carbocycles. The smallest absolute Gasteiger partial charge is 0.220 e. The summed E-state index contributed by atoms with van der Waals surface area (Å²) in [5, 5.41) is 6.29. The molecule has 2 rings (SSSR count). The number of rotatable bonds is 6. The Bertz CT molecular complexity index is 431. The number of hydrogen-bond acceptors (Lipinski definition) is 4. The molecule has 0 bridgehead atoms. The van der Waals surface area contributed by atoms with Gasteiger partial charge in [0, 0.05) is 25.2 Å². The van der Waals surface area contributed by atoms with E-state index in [0.717, 1.165) is 25.1 Å². The van der Waals surface area contributed by atoms with Crippen LogP contribution in [0.3, 0.4) is 0 Å². The fourth-order valence-electron chi connectivity index (χ4n) is 2.47. The van der Waals surface area contributed by atoms with E-state index in [1.54, 1.807) is 13.3 Å². The molecule has 20 heavy (non-hydrogen) atoms. The van der Waals surface area contributed by atoms with Gasteiger partial charge in [-0.1, -0.05) is 0 Å². The quantitative estimate of drug-likeness (QED) is 0.827. The number of nitrogens with one attached hydrogen (secondary N) is 2. The monoisotopic (exact) mass is 277 g/mol. The summed E-state index contributed by atoms with van der Waals surface area (Å²) < 4.78 is 5.06. The van der Waals surface area contributed by atoms with E-state index >= 15 is 0 Å². The number of methoxy groups -OCH3 is 1. The molecule has 0 saturated carbocycles. The third-order valence-electron chi connectivity index (χ3n) is 3.74. The molecular formula is C15H23N3O2. The maximum absolute atomic E-state index is 11.8. The lowest BCUT2D eigenvalue weighted by Gasteiger charge is -2.22. The highest BCUT2D eigenvalue weighted by Crippen LogP contribution is 2.17. The third kappa shape index (κ3) is 4.81. The largest absolute Gasteiger partial charge is 0.481 e. The minimum Gasteiger partial charge on any atom is -0.481 e. The molecule has 1 fully saturated rings. The van der Waals surface area contributed by atoms with Gasteiger partial charge in [-0.15, -0.1) is 0 Å². The topological polar surface area (TPSA) is 63.2 Å². The molecule has 1 aromatic heterocycles. The highest BCUT2D eigenvalue weighted by atomic mass is 16.5. The van der Waals surface area contributed by atoms with E-state index in [1.807, 2.05) is 12.1 Å². The van der Waals surface area contributed by atoms with Gasteiger partial charge in [-0.2, -0.15) is 0 Å². The lowest BCUT2D eigenvalue weighted by Crippen LogP contribution is -2.29. The summed E-state index contributed by atoms with van der Waals surface area (Å²) in [4.78, 5) is 15.9. The first-order chi connectivity index (χ1) is 9.78. The van der Waals surface area contributed by atoms with Gasteiger partial charge >= 0.3 is 0 Å². The summed E-state index contributed by atoms with van der Waals surface area (Å²) in [5.41, 5.74) is 1.01. The van der Waals surface area contributed by atoms with Crippen molar-refractivity contribution < 1.29 is 9.53 Å². The number of ether oxygens (including phenoxy) is 1. The number of nitrogens with zero attached hydrogens (tertiary/aromatic N) is 1. The zero-order valence-electron chi connectivity index (χ0n) is 12.0. The first-order valence-electron chi connectivity index (χ1n) is 7.24. The van der Waals surface area contributed by atoms with Crippen molar-refractivity contribution in [2.24, 2.45) is 5.92 Å². The SMILES string of the molecule is COc1cc(CNC(=O)CCC2CCNCC2)ccn1. The van der Waals surface area contributed by atoms with Crippen LogP contribution in [0.1, 0.15) is 31.2 Å². The Morgan fingerprint density at radius 3 is 3.05 bits per heavy atom. The highest BCUT2D eigenvalue weighted by Gasteiger charge is 2.14. The predicted octanol–water partition coefficient (Wildman–Crippen LogP) is 1.49. The van der Waals surface area contributed by atoms with Gasteiger partial charge in [0.05, 0.1) is 7.11 Å². The van der Waals surface area contributed by atoms with E-state index in [9.17, 15) is 4.79 Å². The Balaban J connectivity index is 1.68. The molecule has 1 aliphatic heterocycles. The molecule has 1 saturated heterocycles. The van der Waals surface area contributed by atoms with Crippen molar-refractivity contribution in [1.82, 2.24) is 15.6 Å². The molecule has 5 nitrogen and oxygen atoms in total. The maximum atomic E-state index is 11.8. The number of pyridine rings is 1. The zero-order chi connectivity index (χ0) is 14.2. The zero-order valence-corrected chi connectivity index (χ0v) is 12.0. The van der Waals surface area contributed by atoms with E-state index in [0.29, 0.717) is 24.8 Å². The van der Waals surface area contributed by atoms with Crippen LogP contribution in [0.25, 0.3) is 0 Å². The van der Waals surface area contributed by atoms with Gasteiger partial charge in [0.25, 0.3) is 0 Å². The van der Waals surface area contributed by atoms with Gasteiger partial charge in [0.1, 0.15) is 0 Å². The van der Waals surface area contributed by atoms with Crippen molar-refractivity contribution in [3.05, 3.63) is 23.9 Å². The van der Waals surface area contributed by atoms with Gasteiger partial charge in [-0.05, 0) is 49.9 Å². The summed E-state index contributed by atoms with van der Waals surface area (Å²) >= 11 is 0. The van der Waals surface area contributed by atoms with Gasteiger partial charge < -0.3 is 15.4 Å². The fourth-order valence-corrected chi connectivity index (χ4v) is 2.47. The Kier molecular flexibility index (Phi) is 5.80. The standard InChI is InChI=1S/C15H23N3O2/c1-20-15-10-13(6-9-17-15)11-18-14(19)3-2-12-4-7-16-8-5-12/h6,9-10,12,16H,2-5,7-8,11H2,1H3,(H,18,19). The van der Waals surface area contributed by atoms with Crippen molar-refractivity contribution in [3.63, 3.8) is 0 Å². The number of aromatic nitrogens is 1. The van der Waals surface area contributed by atoms with Crippen LogP contribution in [0.4, 0.5) is 0 Å². The molecule has 0 radical (unpaired) electrons. The lowest BCUT2D eigenvalue weighted by atomic mass is 9.93. The van der Waals surface area contributed by atoms with Gasteiger partial charge in [0.2, 0.25) is 11.8 Å². The van der Waals surface area contributed by atoms with Crippen molar-refractivity contribution in [2.45, 2.75) is 32.2 Å². The average Bonchev–Trinajstić information content (AvgIpc) is 2.52. The first kappa shape index (κ1) is 14.8. The van der Waals surface area contributed by atoms with E-state index in [2.05, 4.69) is 15.6 Å². The summed E-state index contributed by atoms with van der Waals surface area (Å²) in [5.74, 6) is 1.40. The predicted molar refractivity (Wildman–Crippen MR) is 77.5 cm³/mol. The van der Waals surface area contributed by atoms with Crippen LogP contribution < -0.4 is 15.4 Å². The second kappa shape index (κ2) is 7.85. The molecule has 2 heterocycles. The summed E-state index contributed by atoms with van der Waals surface area (Å²) in [6.45, 7) is 2.70. The normalized spacial score (nSPS) is 15.8. The first-order valence-corrected chi connectivity index (χ1v) is 7.24. The van der Waals surface area contributed by atoms with Crippen molar-refractivity contribution in [1.29, 1.82) is 0 Å². The van der Waals surface area contributed by atoms with Crippen molar-refractivity contribution in [3.8, 4) is 5.88 Å². The summed E-state index contributed by atoms with van der Waals surface area (Å²) in [6, 6.07) is 3.72. The molecule has 1 amide bonds. The van der Waals surface area contributed by atoms with Crippen LogP contribution in [-0.4, -0.2) is 31.1 Å². The number of carbonyl (C=O) groups excluding carboxylic acids is 1. The van der Waals surface area contributed by atoms with Crippen LogP contribution >= 0.6 is 0 Å². The lowest BCUT2D eigenvalue weighted by molar-refractivity contribution is -0.121. The highest BCUT2D eigenvalue weighted by molar-refractivity contribution is 5.75. The third-order valence-corrected chi connectivity index (χ3v) is 3.74. The van der Waals surface area contributed by atoms with Crippen LogP contribution in [0.2, 0.25) is 0 Å². The van der Waals surface area contributed by atoms with Crippen LogP contribution in [0.15, 0.2) is 18.3 Å². The molecule has 5 heteroatoms. The van der Waals surface area contributed by atoms with E-state index < -0.39 is 0 Å². The molecular weight excluding hydrogens is 254 g/mol. The minimum atomic E-state index is 0.124. The number of carbonyl (C=O) groups is 1. The maximum Gasteiger partial charge on any atom is 0.220 e. The second-order valence-corrected chi connectivity index (χ2v) is 5.22. The molecule has 0 spiro atoms. The Labute approximate surface area is 120 Å². The molecule has 2 N–H and O–H groups in total. The average molecular weight is 277 g/mol. The van der Waals surface area contributed by atoms with Gasteiger partial charge in [-0.25, -0.2) is 4.98 Å². The molecule has 110 valence electrons. The van der Waals surface area contributed by atoms with E-state index in [1.165, 1.54) is 12.8 Å². The van der Waals surface area contributed by atoms with Gasteiger partial charge in [0.15, 0.2) is 0 Å². The summed E-state index contributed by atoms with van der Waals surface area (Å²) in [6.07, 6.45) is 5.68. The van der Waals surface area contributed by atoms with Crippen LogP contribution in [0, 0.1) is 5.92 Å². The fraction of sp³-hybridized carbons (Fsp3) is 0.600. The molecule has 1 aromatic rings. The molecule has 1 aliphatic rings. The van der Waals surface area contributed by atoms with E-state index in [4.69, 9.17) is 4.74 Å². The Morgan fingerprint density at radius 1 is 1.50 bits per heavy atom. The minimum absolute atomic E-state index is 0.124. The number of hydrogen-bond donors (Lipinski definition) is 2. The van der Waals surface area contributed by atoms with E-state index in [-0.39, 0.29) is 5.91 Å². The summed E-state index contributed by atoms with van der Waals surface area (Å²) in [7, 11) is 1.59. The van der Waals surface area contributed by atoms with Gasteiger partial charge in [-0.3, -0.25) is 4.79 Å². The van der Waals surface area contributed by atoms with Crippen LogP contribution in [-0.2, 0) is 11.3 Å².